The van der Waals surface area contributed by atoms with E-state index in [1.165, 1.54) is 0 Å². The standard InChI is InChI=1S/C13H21N3O3/c1-3-4-5-11(13(18)19)15-12(17)7-6-10-8-14-16(2)9-10/h8-9,11H,3-7H2,1-2H3,(H,15,17)(H,18,19). The summed E-state index contributed by atoms with van der Waals surface area (Å²) < 4.78 is 1.68. The van der Waals surface area contributed by atoms with Crippen LogP contribution < -0.4 is 5.32 Å². The highest BCUT2D eigenvalue weighted by molar-refractivity contribution is 5.83. The third-order valence-electron chi connectivity index (χ3n) is 2.88. The number of carboxylic acid groups (broad SMARTS) is 1. The molecule has 0 radical (unpaired) electrons. The van der Waals surface area contributed by atoms with Crippen LogP contribution in [-0.4, -0.2) is 32.8 Å². The van der Waals surface area contributed by atoms with Crippen molar-refractivity contribution >= 4 is 11.9 Å². The van der Waals surface area contributed by atoms with Gasteiger partial charge in [-0.25, -0.2) is 4.79 Å². The maximum atomic E-state index is 11.7. The van der Waals surface area contributed by atoms with Crippen LogP contribution in [0.25, 0.3) is 0 Å². The van der Waals surface area contributed by atoms with E-state index in [2.05, 4.69) is 10.4 Å². The monoisotopic (exact) mass is 267 g/mol. The highest BCUT2D eigenvalue weighted by Crippen LogP contribution is 2.04. The Morgan fingerprint density at radius 3 is 2.79 bits per heavy atom. The smallest absolute Gasteiger partial charge is 0.326 e. The molecule has 0 saturated carbocycles. The van der Waals surface area contributed by atoms with Gasteiger partial charge < -0.3 is 10.4 Å². The summed E-state index contributed by atoms with van der Waals surface area (Å²) in [7, 11) is 1.81. The molecule has 0 saturated heterocycles. The topological polar surface area (TPSA) is 84.2 Å². The van der Waals surface area contributed by atoms with E-state index in [1.807, 2.05) is 20.2 Å². The van der Waals surface area contributed by atoms with E-state index in [4.69, 9.17) is 5.11 Å². The predicted octanol–water partition coefficient (Wildman–Crippen LogP) is 1.11. The Bertz CT molecular complexity index is 429. The number of carbonyl (C=O) groups is 2. The van der Waals surface area contributed by atoms with Gasteiger partial charge in [0.2, 0.25) is 5.91 Å². The lowest BCUT2D eigenvalue weighted by molar-refractivity contribution is -0.142. The summed E-state index contributed by atoms with van der Waals surface area (Å²) in [6.45, 7) is 1.99. The molecule has 6 nitrogen and oxygen atoms in total. The zero-order valence-electron chi connectivity index (χ0n) is 11.4. The Balaban J connectivity index is 2.37. The summed E-state index contributed by atoms with van der Waals surface area (Å²) in [5, 5.41) is 15.6. The van der Waals surface area contributed by atoms with Crippen LogP contribution in [0.3, 0.4) is 0 Å². The minimum atomic E-state index is -0.969. The van der Waals surface area contributed by atoms with Crippen LogP contribution in [0, 0.1) is 0 Å². The van der Waals surface area contributed by atoms with E-state index >= 15 is 0 Å². The lowest BCUT2D eigenvalue weighted by Crippen LogP contribution is -2.40. The molecule has 1 unspecified atom stereocenters. The Morgan fingerprint density at radius 1 is 1.53 bits per heavy atom. The molecule has 0 spiro atoms. The fourth-order valence-electron chi connectivity index (χ4n) is 1.79. The number of hydrogen-bond acceptors (Lipinski definition) is 3. The fourth-order valence-corrected chi connectivity index (χ4v) is 1.79. The molecule has 0 aliphatic carbocycles. The van der Waals surface area contributed by atoms with Crippen molar-refractivity contribution in [3.05, 3.63) is 18.0 Å². The zero-order valence-corrected chi connectivity index (χ0v) is 11.4. The second kappa shape index (κ2) is 7.56. The molecule has 106 valence electrons. The van der Waals surface area contributed by atoms with Gasteiger partial charge in [0.25, 0.3) is 0 Å². The van der Waals surface area contributed by atoms with Gasteiger partial charge in [-0.15, -0.1) is 0 Å². The quantitative estimate of drug-likeness (QED) is 0.739. The van der Waals surface area contributed by atoms with E-state index in [0.717, 1.165) is 18.4 Å². The van der Waals surface area contributed by atoms with E-state index in [9.17, 15) is 9.59 Å². The van der Waals surface area contributed by atoms with Crippen LogP contribution in [0.4, 0.5) is 0 Å². The van der Waals surface area contributed by atoms with Gasteiger partial charge in [-0.05, 0) is 18.4 Å². The number of aromatic nitrogens is 2. The lowest BCUT2D eigenvalue weighted by Gasteiger charge is -2.13. The van der Waals surface area contributed by atoms with Gasteiger partial charge in [0.15, 0.2) is 0 Å². The molecular weight excluding hydrogens is 246 g/mol. The minimum absolute atomic E-state index is 0.229. The minimum Gasteiger partial charge on any atom is -0.480 e. The van der Waals surface area contributed by atoms with Gasteiger partial charge in [0.1, 0.15) is 6.04 Å². The molecule has 0 fully saturated rings. The Morgan fingerprint density at radius 2 is 2.26 bits per heavy atom. The molecule has 1 amide bonds. The first-order valence-electron chi connectivity index (χ1n) is 6.52. The summed E-state index contributed by atoms with van der Waals surface area (Å²) in [5.41, 5.74) is 0.970. The number of nitrogens with one attached hydrogen (secondary N) is 1. The first kappa shape index (κ1) is 15.2. The normalized spacial score (nSPS) is 12.1. The largest absolute Gasteiger partial charge is 0.480 e. The average Bonchev–Trinajstić information content (AvgIpc) is 2.77. The number of carboxylic acids is 1. The van der Waals surface area contributed by atoms with Crippen LogP contribution in [0.1, 0.15) is 38.2 Å². The second-order valence-corrected chi connectivity index (χ2v) is 4.62. The third-order valence-corrected chi connectivity index (χ3v) is 2.88. The molecule has 0 aliphatic heterocycles. The molecule has 1 rings (SSSR count). The van der Waals surface area contributed by atoms with Gasteiger partial charge in [-0.2, -0.15) is 5.10 Å². The average molecular weight is 267 g/mol. The molecular formula is C13H21N3O3. The summed E-state index contributed by atoms with van der Waals surface area (Å²) in [6, 6.07) is -0.777. The number of amides is 1. The van der Waals surface area contributed by atoms with Gasteiger partial charge in [-0.1, -0.05) is 19.8 Å². The fraction of sp³-hybridized carbons (Fsp3) is 0.615. The van der Waals surface area contributed by atoms with E-state index < -0.39 is 12.0 Å². The van der Waals surface area contributed by atoms with Crippen LogP contribution >= 0.6 is 0 Å². The molecule has 0 aromatic carbocycles. The number of carbonyl (C=O) groups excluding carboxylic acids is 1. The van der Waals surface area contributed by atoms with Crippen LogP contribution in [0.5, 0.6) is 0 Å². The van der Waals surface area contributed by atoms with E-state index in [1.54, 1.807) is 10.9 Å². The summed E-state index contributed by atoms with van der Waals surface area (Å²) in [4.78, 5) is 22.7. The van der Waals surface area contributed by atoms with Crippen LogP contribution in [-0.2, 0) is 23.1 Å². The van der Waals surface area contributed by atoms with Gasteiger partial charge in [-0.3, -0.25) is 9.48 Å². The first-order valence-corrected chi connectivity index (χ1v) is 6.52. The summed E-state index contributed by atoms with van der Waals surface area (Å²) >= 11 is 0. The third kappa shape index (κ3) is 5.54. The predicted molar refractivity (Wildman–Crippen MR) is 70.6 cm³/mol. The first-order chi connectivity index (χ1) is 9.02. The van der Waals surface area contributed by atoms with Crippen molar-refractivity contribution in [2.24, 2.45) is 7.05 Å². The van der Waals surface area contributed by atoms with Crippen LogP contribution in [0.15, 0.2) is 12.4 Å². The van der Waals surface area contributed by atoms with Crippen molar-refractivity contribution in [1.29, 1.82) is 0 Å². The van der Waals surface area contributed by atoms with Crippen molar-refractivity contribution in [2.45, 2.75) is 45.1 Å². The highest BCUT2D eigenvalue weighted by atomic mass is 16.4. The molecule has 0 bridgehead atoms. The number of nitrogens with zero attached hydrogens (tertiary/aromatic N) is 2. The number of unbranched alkanes of at least 4 members (excludes halogenated alkanes) is 1. The number of rotatable bonds is 8. The van der Waals surface area contributed by atoms with Gasteiger partial charge >= 0.3 is 5.97 Å². The molecule has 2 N–H and O–H groups in total. The maximum absolute atomic E-state index is 11.7. The van der Waals surface area contributed by atoms with Crippen molar-refractivity contribution in [3.63, 3.8) is 0 Å². The highest BCUT2D eigenvalue weighted by Gasteiger charge is 2.18. The van der Waals surface area contributed by atoms with Crippen LogP contribution in [0.2, 0.25) is 0 Å². The van der Waals surface area contributed by atoms with Crippen molar-refractivity contribution in [3.8, 4) is 0 Å². The van der Waals surface area contributed by atoms with Crippen molar-refractivity contribution in [2.75, 3.05) is 0 Å². The second-order valence-electron chi connectivity index (χ2n) is 4.62. The Hall–Kier alpha value is -1.85. The van der Waals surface area contributed by atoms with Gasteiger partial charge in [0.05, 0.1) is 6.20 Å². The number of aliphatic carboxylic acids is 1. The molecule has 1 heterocycles. The summed E-state index contributed by atoms with van der Waals surface area (Å²) in [5.74, 6) is -1.20. The Kier molecular flexibility index (Phi) is 6.05. The molecule has 0 aliphatic rings. The Labute approximate surface area is 112 Å². The van der Waals surface area contributed by atoms with Crippen molar-refractivity contribution < 1.29 is 14.7 Å². The number of aryl methyl sites for hydroxylation is 2. The van der Waals surface area contributed by atoms with Gasteiger partial charge in [0, 0.05) is 19.7 Å². The number of hydrogen-bond donors (Lipinski definition) is 2. The maximum Gasteiger partial charge on any atom is 0.326 e. The van der Waals surface area contributed by atoms with E-state index in [-0.39, 0.29) is 12.3 Å². The summed E-state index contributed by atoms with van der Waals surface area (Å²) in [6.07, 6.45) is 6.58. The lowest BCUT2D eigenvalue weighted by atomic mass is 10.1. The molecule has 1 aromatic heterocycles. The molecule has 1 aromatic rings. The molecule has 1 atom stereocenters. The zero-order chi connectivity index (χ0) is 14.3. The SMILES string of the molecule is CCCCC(NC(=O)CCc1cnn(C)c1)C(=O)O. The van der Waals surface area contributed by atoms with Crippen molar-refractivity contribution in [1.82, 2.24) is 15.1 Å². The molecule has 6 heteroatoms. The molecule has 19 heavy (non-hydrogen) atoms. The van der Waals surface area contributed by atoms with E-state index in [0.29, 0.717) is 12.8 Å².